The summed E-state index contributed by atoms with van der Waals surface area (Å²) in [5, 5.41) is 0. The molecule has 0 saturated heterocycles. The first-order valence-electron chi connectivity index (χ1n) is 2.73. The smallest absolute Gasteiger partial charge is 0.115 e. The fourth-order valence-corrected chi connectivity index (χ4v) is 0.607. The zero-order valence-electron chi connectivity index (χ0n) is 4.97. The summed E-state index contributed by atoms with van der Waals surface area (Å²) in [5.41, 5.74) is 6.70. The largest absolute Gasteiger partial charge is 0.399 e. The first-order chi connectivity index (χ1) is 4.33. The second kappa shape index (κ2) is 2.49. The summed E-state index contributed by atoms with van der Waals surface area (Å²) in [6.07, 6.45) is 0. The van der Waals surface area contributed by atoms with Crippen LogP contribution in [0.25, 0.3) is 0 Å². The van der Waals surface area contributed by atoms with Crippen LogP contribution in [0.5, 0.6) is 0 Å². The first-order valence-corrected chi connectivity index (χ1v) is 2.73. The maximum atomic E-state index is 11.8. The van der Waals surface area contributed by atoms with Crippen molar-refractivity contribution in [1.82, 2.24) is 0 Å². The lowest BCUT2D eigenvalue weighted by Gasteiger charge is -1.92. The average Bonchev–Trinajstić information content (AvgIpc) is 1.90. The molecule has 0 aliphatic heterocycles. The molecule has 9 heavy (non-hydrogen) atoms. The normalized spacial score (nSPS) is 9.44. The molecule has 1 aromatic carbocycles. The van der Waals surface area contributed by atoms with Crippen LogP contribution in [0.2, 0.25) is 0 Å². The highest BCUT2D eigenvalue weighted by atomic mass is 19.1. The van der Waals surface area contributed by atoms with Crippen molar-refractivity contribution < 1.29 is 4.39 Å². The molecular formula is C7H8FN. The van der Waals surface area contributed by atoms with Crippen LogP contribution in [0.15, 0.2) is 24.3 Å². The number of anilines is 1. The van der Waals surface area contributed by atoms with Gasteiger partial charge in [0.1, 0.15) is 6.67 Å². The van der Waals surface area contributed by atoms with Crippen molar-refractivity contribution in [2.75, 3.05) is 5.73 Å². The third kappa shape index (κ3) is 1.42. The molecule has 1 aromatic rings. The number of nitrogens with two attached hydrogens (primary N) is 1. The first kappa shape index (κ1) is 6.08. The van der Waals surface area contributed by atoms with Crippen LogP contribution in [0.3, 0.4) is 0 Å². The van der Waals surface area contributed by atoms with E-state index < -0.39 is 6.67 Å². The predicted octanol–water partition coefficient (Wildman–Crippen LogP) is 1.74. The number of rotatable bonds is 1. The molecule has 48 valence electrons. The van der Waals surface area contributed by atoms with Gasteiger partial charge >= 0.3 is 0 Å². The molecule has 0 saturated carbocycles. The third-order valence-corrected chi connectivity index (χ3v) is 1.13. The summed E-state index contributed by atoms with van der Waals surface area (Å²) < 4.78 is 11.8. The maximum absolute atomic E-state index is 11.8. The Bertz CT molecular complexity index is 181. The van der Waals surface area contributed by atoms with Crippen LogP contribution < -0.4 is 5.73 Å². The molecule has 1 rings (SSSR count). The van der Waals surface area contributed by atoms with Gasteiger partial charge in [0.15, 0.2) is 0 Å². The van der Waals surface area contributed by atoms with E-state index in [1.54, 1.807) is 24.3 Å². The Kier molecular flexibility index (Phi) is 1.68. The van der Waals surface area contributed by atoms with Crippen LogP contribution in [-0.2, 0) is 6.67 Å². The standard InChI is InChI=1S/C7H8FN/c8-5-6-1-3-7(9)4-2-6/h1-4H,5,9H2. The summed E-state index contributed by atoms with van der Waals surface area (Å²) >= 11 is 0. The maximum Gasteiger partial charge on any atom is 0.115 e. The number of alkyl halides is 1. The number of nitrogen functional groups attached to an aromatic ring is 1. The Morgan fingerprint density at radius 3 is 2.22 bits per heavy atom. The van der Waals surface area contributed by atoms with Gasteiger partial charge in [-0.2, -0.15) is 0 Å². The summed E-state index contributed by atoms with van der Waals surface area (Å²) in [4.78, 5) is 0. The van der Waals surface area contributed by atoms with Crippen LogP contribution in [-0.4, -0.2) is 0 Å². The predicted molar refractivity (Wildman–Crippen MR) is 35.7 cm³/mol. The summed E-state index contributed by atoms with van der Waals surface area (Å²) in [5.74, 6) is 0. The molecule has 0 radical (unpaired) electrons. The number of hydrogen-bond acceptors (Lipinski definition) is 1. The van der Waals surface area contributed by atoms with Gasteiger partial charge < -0.3 is 5.73 Å². The van der Waals surface area contributed by atoms with Gasteiger partial charge in [-0.25, -0.2) is 4.39 Å². The summed E-state index contributed by atoms with van der Waals surface area (Å²) in [6, 6.07) is 6.73. The molecule has 0 amide bonds. The van der Waals surface area contributed by atoms with E-state index in [0.29, 0.717) is 11.3 Å². The molecule has 0 atom stereocenters. The SMILES string of the molecule is Nc1ccc(CF)cc1. The quantitative estimate of drug-likeness (QED) is 0.568. The summed E-state index contributed by atoms with van der Waals surface area (Å²) in [7, 11) is 0. The molecule has 0 bridgehead atoms. The number of halogens is 1. The molecule has 0 unspecified atom stereocenters. The van der Waals surface area contributed by atoms with Gasteiger partial charge in [-0.3, -0.25) is 0 Å². The zero-order valence-corrected chi connectivity index (χ0v) is 4.97. The Labute approximate surface area is 53.3 Å². The van der Waals surface area contributed by atoms with E-state index in [9.17, 15) is 4.39 Å². The molecule has 2 heteroatoms. The van der Waals surface area contributed by atoms with E-state index >= 15 is 0 Å². The lowest BCUT2D eigenvalue weighted by molar-refractivity contribution is 0.485. The van der Waals surface area contributed by atoms with Crippen molar-refractivity contribution in [3.8, 4) is 0 Å². The van der Waals surface area contributed by atoms with Crippen LogP contribution in [0.4, 0.5) is 10.1 Å². The van der Waals surface area contributed by atoms with Crippen LogP contribution in [0, 0.1) is 0 Å². The molecule has 0 spiro atoms. The van der Waals surface area contributed by atoms with E-state index in [0.717, 1.165) is 0 Å². The van der Waals surface area contributed by atoms with Crippen molar-refractivity contribution in [2.24, 2.45) is 0 Å². The lowest BCUT2D eigenvalue weighted by atomic mass is 10.2. The van der Waals surface area contributed by atoms with Gasteiger partial charge in [0.05, 0.1) is 0 Å². The van der Waals surface area contributed by atoms with Gasteiger partial charge in [0.2, 0.25) is 0 Å². The van der Waals surface area contributed by atoms with E-state index in [1.165, 1.54) is 0 Å². The topological polar surface area (TPSA) is 26.0 Å². The van der Waals surface area contributed by atoms with Gasteiger partial charge in [-0.05, 0) is 17.7 Å². The molecule has 0 aromatic heterocycles. The van der Waals surface area contributed by atoms with Crippen LogP contribution in [0.1, 0.15) is 5.56 Å². The number of benzene rings is 1. The zero-order chi connectivity index (χ0) is 6.69. The average molecular weight is 125 g/mol. The van der Waals surface area contributed by atoms with Crippen molar-refractivity contribution >= 4 is 5.69 Å². The van der Waals surface area contributed by atoms with E-state index in [1.807, 2.05) is 0 Å². The van der Waals surface area contributed by atoms with E-state index in [2.05, 4.69) is 0 Å². The minimum absolute atomic E-state index is 0.416. The minimum atomic E-state index is -0.416. The van der Waals surface area contributed by atoms with Crippen molar-refractivity contribution in [1.29, 1.82) is 0 Å². The third-order valence-electron chi connectivity index (χ3n) is 1.13. The molecule has 0 fully saturated rings. The van der Waals surface area contributed by atoms with Crippen LogP contribution >= 0.6 is 0 Å². The van der Waals surface area contributed by atoms with Gasteiger partial charge in [0, 0.05) is 5.69 Å². The second-order valence-electron chi connectivity index (χ2n) is 1.88. The fraction of sp³-hybridized carbons (Fsp3) is 0.143. The van der Waals surface area contributed by atoms with Gasteiger partial charge in [-0.1, -0.05) is 12.1 Å². The van der Waals surface area contributed by atoms with Crippen molar-refractivity contribution in [3.05, 3.63) is 29.8 Å². The van der Waals surface area contributed by atoms with Gasteiger partial charge in [-0.15, -0.1) is 0 Å². The Hall–Kier alpha value is -1.05. The molecule has 2 N–H and O–H groups in total. The molecular weight excluding hydrogens is 117 g/mol. The molecule has 0 aliphatic carbocycles. The monoisotopic (exact) mass is 125 g/mol. The highest BCUT2D eigenvalue weighted by molar-refractivity contribution is 5.38. The Balaban J connectivity index is 2.88. The fourth-order valence-electron chi connectivity index (χ4n) is 0.607. The Morgan fingerprint density at radius 1 is 1.22 bits per heavy atom. The minimum Gasteiger partial charge on any atom is -0.399 e. The highest BCUT2D eigenvalue weighted by Gasteiger charge is 1.87. The van der Waals surface area contributed by atoms with Gasteiger partial charge in [0.25, 0.3) is 0 Å². The highest BCUT2D eigenvalue weighted by Crippen LogP contribution is 2.05. The van der Waals surface area contributed by atoms with E-state index in [-0.39, 0.29) is 0 Å². The second-order valence-corrected chi connectivity index (χ2v) is 1.88. The Morgan fingerprint density at radius 2 is 1.78 bits per heavy atom. The molecule has 1 nitrogen and oxygen atoms in total. The van der Waals surface area contributed by atoms with Crippen molar-refractivity contribution in [3.63, 3.8) is 0 Å². The molecule has 0 aliphatic rings. The lowest BCUT2D eigenvalue weighted by Crippen LogP contribution is -1.83. The van der Waals surface area contributed by atoms with Crippen molar-refractivity contribution in [2.45, 2.75) is 6.67 Å². The van der Waals surface area contributed by atoms with E-state index in [4.69, 9.17) is 5.73 Å². The summed E-state index contributed by atoms with van der Waals surface area (Å²) in [6.45, 7) is -0.416. The molecule has 0 heterocycles. The number of hydrogen-bond donors (Lipinski definition) is 1.